The molecule has 0 bridgehead atoms. The van der Waals surface area contributed by atoms with Gasteiger partial charge in [-0.1, -0.05) is 42.5 Å². The number of hydrogen-bond donors (Lipinski definition) is 2. The van der Waals surface area contributed by atoms with Gasteiger partial charge >= 0.3 is 0 Å². The summed E-state index contributed by atoms with van der Waals surface area (Å²) < 4.78 is 5.99. The zero-order valence-corrected chi connectivity index (χ0v) is 18.3. The molecule has 0 aliphatic heterocycles. The average Bonchev–Trinajstić information content (AvgIpc) is 3.47. The first-order valence-corrected chi connectivity index (χ1v) is 11.3. The molecule has 0 spiro atoms. The Morgan fingerprint density at radius 2 is 1.84 bits per heavy atom. The number of nitrogens with one attached hydrogen (secondary N) is 2. The molecule has 32 heavy (non-hydrogen) atoms. The van der Waals surface area contributed by atoms with Crippen molar-refractivity contribution in [3.8, 4) is 0 Å². The van der Waals surface area contributed by atoms with Crippen LogP contribution in [0.3, 0.4) is 0 Å². The molecule has 6 nitrogen and oxygen atoms in total. The van der Waals surface area contributed by atoms with E-state index in [4.69, 9.17) is 4.42 Å². The normalized spacial score (nSPS) is 14.3. The van der Waals surface area contributed by atoms with Gasteiger partial charge in [-0.05, 0) is 42.7 Å². The Hall–Kier alpha value is -3.71. The van der Waals surface area contributed by atoms with E-state index < -0.39 is 0 Å². The molecule has 5 rings (SSSR count). The summed E-state index contributed by atoms with van der Waals surface area (Å²) in [6.07, 6.45) is 2.29. The van der Waals surface area contributed by atoms with Crippen LogP contribution >= 0.6 is 11.3 Å². The predicted octanol–water partition coefficient (Wildman–Crippen LogP) is 5.53. The van der Waals surface area contributed by atoms with Crippen molar-refractivity contribution in [2.75, 3.05) is 5.32 Å². The van der Waals surface area contributed by atoms with Gasteiger partial charge in [0.15, 0.2) is 5.76 Å². The van der Waals surface area contributed by atoms with E-state index in [9.17, 15) is 9.59 Å². The Kier molecular flexibility index (Phi) is 5.33. The second-order valence-electron chi connectivity index (χ2n) is 7.67. The minimum Gasteiger partial charge on any atom is -0.455 e. The molecule has 0 fully saturated rings. The summed E-state index contributed by atoms with van der Waals surface area (Å²) >= 11 is 1.36. The lowest BCUT2D eigenvalue weighted by atomic mass is 9.93. The van der Waals surface area contributed by atoms with Crippen LogP contribution < -0.4 is 10.7 Å². The van der Waals surface area contributed by atoms with E-state index in [1.54, 1.807) is 6.07 Å². The number of carbonyl (C=O) groups is 2. The van der Waals surface area contributed by atoms with E-state index in [0.29, 0.717) is 11.3 Å². The highest BCUT2D eigenvalue weighted by Gasteiger charge is 2.28. The van der Waals surface area contributed by atoms with E-state index in [1.165, 1.54) is 11.3 Å². The summed E-state index contributed by atoms with van der Waals surface area (Å²) in [5.74, 6) is 0.480. The van der Waals surface area contributed by atoms with Gasteiger partial charge in [0.1, 0.15) is 5.76 Å². The highest BCUT2D eigenvalue weighted by Crippen LogP contribution is 2.31. The maximum Gasteiger partial charge on any atom is 0.291 e. The van der Waals surface area contributed by atoms with Gasteiger partial charge in [0.25, 0.3) is 11.8 Å². The maximum absolute atomic E-state index is 13.1. The van der Waals surface area contributed by atoms with Gasteiger partial charge in [0.05, 0.1) is 10.6 Å². The number of furan rings is 1. The van der Waals surface area contributed by atoms with Crippen LogP contribution in [0, 0.1) is 6.92 Å². The van der Waals surface area contributed by atoms with Crippen LogP contribution in [0.4, 0.5) is 5.69 Å². The summed E-state index contributed by atoms with van der Waals surface area (Å²) in [4.78, 5) is 26.0. The fraction of sp³-hybridized carbons (Fsp3) is 0.160. The standard InChI is InChI=1S/C25H21N3O3S/c1-15-22-19(27-28-24(29)21-13-6-14-32-21)11-5-12-20(22)31-23(15)25(30)26-18-10-4-8-16-7-2-3-9-17(16)18/h2-4,6-10,13-14H,5,11-12H2,1H3,(H,26,30)(H,28,29)/b27-19+. The lowest BCUT2D eigenvalue weighted by Gasteiger charge is -2.13. The number of amides is 2. The van der Waals surface area contributed by atoms with Crippen molar-refractivity contribution in [1.29, 1.82) is 0 Å². The third-order valence-corrected chi connectivity index (χ3v) is 6.48. The summed E-state index contributed by atoms with van der Waals surface area (Å²) in [6, 6.07) is 17.3. The predicted molar refractivity (Wildman–Crippen MR) is 127 cm³/mol. The number of carbonyl (C=O) groups excluding carboxylic acids is 2. The van der Waals surface area contributed by atoms with Crippen molar-refractivity contribution >= 4 is 45.3 Å². The molecule has 0 saturated heterocycles. The molecule has 1 aliphatic rings. The second kappa shape index (κ2) is 8.43. The van der Waals surface area contributed by atoms with Gasteiger partial charge in [0, 0.05) is 28.6 Å². The lowest BCUT2D eigenvalue weighted by Crippen LogP contribution is -2.21. The minimum absolute atomic E-state index is 0.241. The summed E-state index contributed by atoms with van der Waals surface area (Å²) in [7, 11) is 0. The molecule has 2 N–H and O–H groups in total. The fourth-order valence-corrected chi connectivity index (χ4v) is 4.70. The van der Waals surface area contributed by atoms with E-state index in [0.717, 1.165) is 51.9 Å². The number of anilines is 1. The van der Waals surface area contributed by atoms with Crippen LogP contribution in [-0.4, -0.2) is 17.5 Å². The molecule has 2 heterocycles. The molecular formula is C25H21N3O3S. The average molecular weight is 444 g/mol. The minimum atomic E-state index is -0.296. The fourth-order valence-electron chi connectivity index (χ4n) is 4.09. The van der Waals surface area contributed by atoms with Gasteiger partial charge in [-0.15, -0.1) is 11.3 Å². The number of hydrogen-bond acceptors (Lipinski definition) is 5. The topological polar surface area (TPSA) is 83.7 Å². The van der Waals surface area contributed by atoms with Crippen LogP contribution in [0.1, 0.15) is 50.0 Å². The molecule has 0 saturated carbocycles. The Morgan fingerprint density at radius 1 is 1.00 bits per heavy atom. The first-order chi connectivity index (χ1) is 15.6. The smallest absolute Gasteiger partial charge is 0.291 e. The second-order valence-corrected chi connectivity index (χ2v) is 8.61. The zero-order valence-electron chi connectivity index (χ0n) is 17.5. The Morgan fingerprint density at radius 3 is 2.69 bits per heavy atom. The van der Waals surface area contributed by atoms with E-state index in [-0.39, 0.29) is 17.6 Å². The third-order valence-electron chi connectivity index (χ3n) is 5.61. The molecule has 0 unspecified atom stereocenters. The number of hydrazone groups is 1. The van der Waals surface area contributed by atoms with Crippen molar-refractivity contribution in [1.82, 2.24) is 5.43 Å². The van der Waals surface area contributed by atoms with Crippen LogP contribution in [0.5, 0.6) is 0 Å². The number of aryl methyl sites for hydroxylation is 1. The summed E-state index contributed by atoms with van der Waals surface area (Å²) in [5.41, 5.74) is 5.67. The molecule has 4 aromatic rings. The monoisotopic (exact) mass is 443 g/mol. The number of thiophene rings is 1. The molecule has 7 heteroatoms. The summed E-state index contributed by atoms with van der Waals surface area (Å²) in [5, 5.41) is 11.2. The van der Waals surface area contributed by atoms with Crippen LogP contribution in [-0.2, 0) is 6.42 Å². The van der Waals surface area contributed by atoms with Crippen molar-refractivity contribution in [2.24, 2.45) is 5.10 Å². The largest absolute Gasteiger partial charge is 0.455 e. The van der Waals surface area contributed by atoms with Crippen molar-refractivity contribution in [3.63, 3.8) is 0 Å². The van der Waals surface area contributed by atoms with Crippen molar-refractivity contribution in [3.05, 3.63) is 87.5 Å². The van der Waals surface area contributed by atoms with E-state index in [1.807, 2.05) is 60.8 Å². The number of fused-ring (bicyclic) bond motifs is 2. The molecule has 2 aromatic carbocycles. The van der Waals surface area contributed by atoms with Gasteiger partial charge in [0.2, 0.25) is 0 Å². The quantitative estimate of drug-likeness (QED) is 0.407. The first kappa shape index (κ1) is 20.2. The molecule has 1 aliphatic carbocycles. The Labute approximate surface area is 188 Å². The van der Waals surface area contributed by atoms with Crippen LogP contribution in [0.15, 0.2) is 69.5 Å². The highest BCUT2D eigenvalue weighted by molar-refractivity contribution is 7.12. The molecule has 2 aromatic heterocycles. The van der Waals surface area contributed by atoms with Crippen molar-refractivity contribution in [2.45, 2.75) is 26.2 Å². The maximum atomic E-state index is 13.1. The SMILES string of the molecule is Cc1c(C(=O)Nc2cccc3ccccc23)oc2c1/C(=N/NC(=O)c1cccs1)CCC2. The molecule has 0 radical (unpaired) electrons. The Bertz CT molecular complexity index is 1350. The molecular weight excluding hydrogens is 422 g/mol. The van der Waals surface area contributed by atoms with E-state index >= 15 is 0 Å². The van der Waals surface area contributed by atoms with Gasteiger partial charge in [-0.2, -0.15) is 5.10 Å². The number of nitrogens with zero attached hydrogens (tertiary/aromatic N) is 1. The van der Waals surface area contributed by atoms with Gasteiger partial charge in [-0.25, -0.2) is 5.43 Å². The van der Waals surface area contributed by atoms with Crippen molar-refractivity contribution < 1.29 is 14.0 Å². The number of benzene rings is 2. The highest BCUT2D eigenvalue weighted by atomic mass is 32.1. The molecule has 0 atom stereocenters. The van der Waals surface area contributed by atoms with E-state index in [2.05, 4.69) is 15.8 Å². The first-order valence-electron chi connectivity index (χ1n) is 10.4. The molecule has 2 amide bonds. The van der Waals surface area contributed by atoms with Crippen LogP contribution in [0.25, 0.3) is 10.8 Å². The Balaban J connectivity index is 1.42. The summed E-state index contributed by atoms with van der Waals surface area (Å²) in [6.45, 7) is 1.86. The lowest BCUT2D eigenvalue weighted by molar-refractivity contribution is 0.0957. The van der Waals surface area contributed by atoms with Crippen LogP contribution in [0.2, 0.25) is 0 Å². The zero-order chi connectivity index (χ0) is 22.1. The number of rotatable bonds is 4. The third kappa shape index (κ3) is 3.71. The van der Waals surface area contributed by atoms with Gasteiger partial charge < -0.3 is 9.73 Å². The molecule has 160 valence electrons. The van der Waals surface area contributed by atoms with Gasteiger partial charge in [-0.3, -0.25) is 9.59 Å².